The predicted octanol–water partition coefficient (Wildman–Crippen LogP) is 4.16. The lowest BCUT2D eigenvalue weighted by atomic mass is 10.2. The molecule has 0 unspecified atom stereocenters. The molecule has 0 fully saturated rings. The molecule has 1 amide bonds. The molecule has 0 bridgehead atoms. The average Bonchev–Trinajstić information content (AvgIpc) is 3.04. The van der Waals surface area contributed by atoms with Crippen LogP contribution in [-0.4, -0.2) is 29.9 Å². The Labute approximate surface area is 164 Å². The van der Waals surface area contributed by atoms with Gasteiger partial charge in [0.1, 0.15) is 11.5 Å². The Morgan fingerprint density at radius 2 is 1.71 bits per heavy atom. The van der Waals surface area contributed by atoms with Gasteiger partial charge in [-0.25, -0.2) is 4.68 Å². The van der Waals surface area contributed by atoms with Crippen molar-refractivity contribution >= 4 is 17.7 Å². The van der Waals surface area contributed by atoms with Gasteiger partial charge in [0.25, 0.3) is 0 Å². The van der Waals surface area contributed by atoms with E-state index in [1.807, 2.05) is 61.0 Å². The van der Waals surface area contributed by atoms with E-state index in [0.717, 1.165) is 22.6 Å². The number of hydrogen-bond donors (Lipinski definition) is 1. The van der Waals surface area contributed by atoms with Crippen LogP contribution in [0.25, 0.3) is 11.8 Å². The summed E-state index contributed by atoms with van der Waals surface area (Å²) in [5, 5.41) is 7.42. The second-order valence-corrected chi connectivity index (χ2v) is 6.32. The molecule has 0 saturated heterocycles. The molecular weight excluding hydrogens is 354 g/mol. The fourth-order valence-corrected chi connectivity index (χ4v) is 2.91. The molecular formula is C22H23N3O3. The Balaban J connectivity index is 1.81. The third-order valence-corrected chi connectivity index (χ3v) is 4.20. The van der Waals surface area contributed by atoms with Crippen LogP contribution in [0.1, 0.15) is 17.0 Å². The minimum atomic E-state index is -0.240. The summed E-state index contributed by atoms with van der Waals surface area (Å²) in [6.45, 7) is 3.92. The zero-order valence-corrected chi connectivity index (χ0v) is 16.4. The first-order valence-corrected chi connectivity index (χ1v) is 8.85. The van der Waals surface area contributed by atoms with Gasteiger partial charge >= 0.3 is 0 Å². The number of amides is 1. The lowest BCUT2D eigenvalue weighted by Crippen LogP contribution is -2.11. The van der Waals surface area contributed by atoms with Gasteiger partial charge in [0.2, 0.25) is 5.91 Å². The van der Waals surface area contributed by atoms with Gasteiger partial charge in [0.15, 0.2) is 0 Å². The van der Waals surface area contributed by atoms with E-state index >= 15 is 0 Å². The molecule has 144 valence electrons. The Kier molecular flexibility index (Phi) is 5.79. The molecule has 0 spiro atoms. The third-order valence-electron chi connectivity index (χ3n) is 4.20. The normalized spacial score (nSPS) is 10.9. The molecule has 3 aromatic rings. The molecule has 0 atom stereocenters. The van der Waals surface area contributed by atoms with Gasteiger partial charge in [-0.1, -0.05) is 12.1 Å². The summed E-state index contributed by atoms with van der Waals surface area (Å²) in [7, 11) is 3.18. The standard InChI is InChI=1S/C22H23N3O3/c1-15-11-16(2)25(24-15)21-8-6-5-7-20(21)23-22(26)10-9-17-12-18(27-3)14-19(13-17)28-4/h5-14H,1-4H3,(H,23,26)/b10-9+. The summed E-state index contributed by atoms with van der Waals surface area (Å²) < 4.78 is 12.3. The Bertz CT molecular complexity index is 999. The molecule has 0 aliphatic carbocycles. The van der Waals surface area contributed by atoms with E-state index in [-0.39, 0.29) is 5.91 Å². The number of methoxy groups -OCH3 is 2. The van der Waals surface area contributed by atoms with Crippen molar-refractivity contribution in [2.75, 3.05) is 19.5 Å². The molecule has 6 heteroatoms. The maximum atomic E-state index is 12.5. The van der Waals surface area contributed by atoms with Crippen molar-refractivity contribution in [3.05, 3.63) is 71.6 Å². The summed E-state index contributed by atoms with van der Waals surface area (Å²) >= 11 is 0. The first kappa shape index (κ1) is 19.2. The average molecular weight is 377 g/mol. The predicted molar refractivity (Wildman–Crippen MR) is 110 cm³/mol. The van der Waals surface area contributed by atoms with E-state index in [1.165, 1.54) is 6.08 Å². The van der Waals surface area contributed by atoms with Gasteiger partial charge in [-0.05, 0) is 55.8 Å². The Morgan fingerprint density at radius 1 is 1.04 bits per heavy atom. The van der Waals surface area contributed by atoms with Gasteiger partial charge in [0.05, 0.1) is 31.3 Å². The smallest absolute Gasteiger partial charge is 0.248 e. The number of carbonyl (C=O) groups excluding carboxylic acids is 1. The molecule has 2 aromatic carbocycles. The van der Waals surface area contributed by atoms with Crippen LogP contribution in [0.2, 0.25) is 0 Å². The van der Waals surface area contributed by atoms with Crippen LogP contribution in [0.4, 0.5) is 5.69 Å². The second kappa shape index (κ2) is 8.43. The summed E-state index contributed by atoms with van der Waals surface area (Å²) in [4.78, 5) is 12.5. The number of benzene rings is 2. The Morgan fingerprint density at radius 3 is 2.32 bits per heavy atom. The fourth-order valence-electron chi connectivity index (χ4n) is 2.91. The van der Waals surface area contributed by atoms with E-state index in [0.29, 0.717) is 17.2 Å². The van der Waals surface area contributed by atoms with Gasteiger partial charge in [-0.15, -0.1) is 0 Å². The molecule has 28 heavy (non-hydrogen) atoms. The third kappa shape index (κ3) is 4.40. The first-order valence-electron chi connectivity index (χ1n) is 8.85. The number of hydrogen-bond acceptors (Lipinski definition) is 4. The monoisotopic (exact) mass is 377 g/mol. The lowest BCUT2D eigenvalue weighted by Gasteiger charge is -2.11. The number of aryl methyl sites for hydroxylation is 2. The van der Waals surface area contributed by atoms with Crippen LogP contribution >= 0.6 is 0 Å². The molecule has 0 aliphatic heterocycles. The highest BCUT2D eigenvalue weighted by atomic mass is 16.5. The zero-order valence-electron chi connectivity index (χ0n) is 16.4. The van der Waals surface area contributed by atoms with Crippen molar-refractivity contribution in [3.8, 4) is 17.2 Å². The van der Waals surface area contributed by atoms with Crippen LogP contribution < -0.4 is 14.8 Å². The number of nitrogens with zero attached hydrogens (tertiary/aromatic N) is 2. The summed E-state index contributed by atoms with van der Waals surface area (Å²) in [5.74, 6) is 1.08. The first-order chi connectivity index (χ1) is 13.5. The molecule has 0 radical (unpaired) electrons. The SMILES string of the molecule is COc1cc(/C=C/C(=O)Nc2ccccc2-n2nc(C)cc2C)cc(OC)c1. The number of rotatable bonds is 6. The Hall–Kier alpha value is -3.54. The van der Waals surface area contributed by atoms with Crippen LogP contribution in [0.5, 0.6) is 11.5 Å². The van der Waals surface area contributed by atoms with Gasteiger partial charge in [-0.2, -0.15) is 5.10 Å². The maximum Gasteiger partial charge on any atom is 0.248 e. The van der Waals surface area contributed by atoms with E-state index in [9.17, 15) is 4.79 Å². The maximum absolute atomic E-state index is 12.5. The topological polar surface area (TPSA) is 65.4 Å². The molecule has 0 saturated carbocycles. The summed E-state index contributed by atoms with van der Waals surface area (Å²) in [6, 6.07) is 15.0. The van der Waals surface area contributed by atoms with Crippen molar-refractivity contribution in [2.24, 2.45) is 0 Å². The van der Waals surface area contributed by atoms with Crippen LogP contribution in [0, 0.1) is 13.8 Å². The number of anilines is 1. The number of ether oxygens (including phenoxy) is 2. The van der Waals surface area contributed by atoms with Crippen molar-refractivity contribution in [1.82, 2.24) is 9.78 Å². The highest BCUT2D eigenvalue weighted by Gasteiger charge is 2.10. The minimum absolute atomic E-state index is 0.240. The van der Waals surface area contributed by atoms with E-state index in [4.69, 9.17) is 9.47 Å². The number of carbonyl (C=O) groups is 1. The fraction of sp³-hybridized carbons (Fsp3) is 0.182. The van der Waals surface area contributed by atoms with E-state index < -0.39 is 0 Å². The van der Waals surface area contributed by atoms with Crippen molar-refractivity contribution in [2.45, 2.75) is 13.8 Å². The summed E-state index contributed by atoms with van der Waals surface area (Å²) in [5.41, 5.74) is 4.23. The van der Waals surface area contributed by atoms with Gasteiger partial charge in [0, 0.05) is 17.8 Å². The second-order valence-electron chi connectivity index (χ2n) is 6.32. The molecule has 1 aromatic heterocycles. The number of aromatic nitrogens is 2. The molecule has 0 aliphatic rings. The van der Waals surface area contributed by atoms with Crippen molar-refractivity contribution < 1.29 is 14.3 Å². The van der Waals surface area contributed by atoms with Gasteiger partial charge in [-0.3, -0.25) is 4.79 Å². The molecule has 6 nitrogen and oxygen atoms in total. The largest absolute Gasteiger partial charge is 0.497 e. The molecule has 3 rings (SSSR count). The van der Waals surface area contributed by atoms with Gasteiger partial charge < -0.3 is 14.8 Å². The minimum Gasteiger partial charge on any atom is -0.497 e. The highest BCUT2D eigenvalue weighted by Crippen LogP contribution is 2.24. The quantitative estimate of drug-likeness (QED) is 0.655. The summed E-state index contributed by atoms with van der Waals surface area (Å²) in [6.07, 6.45) is 3.19. The molecule has 1 heterocycles. The van der Waals surface area contributed by atoms with Crippen LogP contribution in [-0.2, 0) is 4.79 Å². The highest BCUT2D eigenvalue weighted by molar-refractivity contribution is 6.03. The van der Waals surface area contributed by atoms with Crippen molar-refractivity contribution in [1.29, 1.82) is 0 Å². The molecule has 1 N–H and O–H groups in total. The van der Waals surface area contributed by atoms with Crippen molar-refractivity contribution in [3.63, 3.8) is 0 Å². The zero-order chi connectivity index (χ0) is 20.1. The lowest BCUT2D eigenvalue weighted by molar-refractivity contribution is -0.111. The van der Waals surface area contributed by atoms with Crippen LogP contribution in [0.15, 0.2) is 54.6 Å². The van der Waals surface area contributed by atoms with E-state index in [1.54, 1.807) is 26.4 Å². The van der Waals surface area contributed by atoms with E-state index in [2.05, 4.69) is 10.4 Å². The van der Waals surface area contributed by atoms with Crippen LogP contribution in [0.3, 0.4) is 0 Å². The number of para-hydroxylation sites is 2. The number of nitrogens with one attached hydrogen (secondary N) is 1.